The van der Waals surface area contributed by atoms with Crippen LogP contribution >= 0.6 is 0 Å². The Kier molecular flexibility index (Phi) is 2.99. The van der Waals surface area contributed by atoms with Gasteiger partial charge in [-0.1, -0.05) is 13.3 Å². The zero-order valence-corrected chi connectivity index (χ0v) is 9.60. The van der Waals surface area contributed by atoms with E-state index < -0.39 is 0 Å². The number of carbonyl (C=O) groups excluding carboxylic acids is 1. The highest BCUT2D eigenvalue weighted by molar-refractivity contribution is 6.12. The Balaban J connectivity index is 2.24. The van der Waals surface area contributed by atoms with Gasteiger partial charge < -0.3 is 0 Å². The molecule has 2 heterocycles. The van der Waals surface area contributed by atoms with Crippen molar-refractivity contribution >= 4 is 17.4 Å². The maximum Gasteiger partial charge on any atom is 0.254 e. The Labute approximate surface area is 95.0 Å². The minimum atomic E-state index is 0.0153. The summed E-state index contributed by atoms with van der Waals surface area (Å²) >= 11 is 0. The minimum absolute atomic E-state index is 0.0153. The summed E-state index contributed by atoms with van der Waals surface area (Å²) in [6, 6.07) is 3.77. The van der Waals surface area contributed by atoms with Crippen LogP contribution in [0.15, 0.2) is 23.4 Å². The summed E-state index contributed by atoms with van der Waals surface area (Å²) in [5, 5.41) is 5.72. The van der Waals surface area contributed by atoms with E-state index in [1.807, 2.05) is 19.1 Å². The van der Waals surface area contributed by atoms with Crippen molar-refractivity contribution in [3.05, 3.63) is 23.9 Å². The van der Waals surface area contributed by atoms with Crippen molar-refractivity contribution in [2.75, 3.05) is 5.01 Å². The first-order valence-electron chi connectivity index (χ1n) is 5.52. The number of carbonyl (C=O) groups is 1. The van der Waals surface area contributed by atoms with E-state index in [0.717, 1.165) is 24.1 Å². The number of anilines is 1. The van der Waals surface area contributed by atoms with E-state index in [-0.39, 0.29) is 5.91 Å². The standard InChI is InChI=1S/C12H15N3O/c1-3-4-10-8-12(16)15(14-10)11-7-9(2)5-6-13-11/h5-7H,3-4,8H2,1-2H3. The fraction of sp³-hybridized carbons (Fsp3) is 0.417. The van der Waals surface area contributed by atoms with E-state index in [1.54, 1.807) is 6.20 Å². The van der Waals surface area contributed by atoms with Gasteiger partial charge in [-0.3, -0.25) is 4.79 Å². The first-order chi connectivity index (χ1) is 7.70. The van der Waals surface area contributed by atoms with Crippen LogP contribution in [0, 0.1) is 6.92 Å². The SMILES string of the molecule is CCCC1=NN(c2cc(C)ccn2)C(=O)C1. The van der Waals surface area contributed by atoms with Crippen molar-refractivity contribution in [2.24, 2.45) is 5.10 Å². The van der Waals surface area contributed by atoms with Crippen LogP contribution in [0.25, 0.3) is 0 Å². The van der Waals surface area contributed by atoms with Gasteiger partial charge in [0.25, 0.3) is 5.91 Å². The van der Waals surface area contributed by atoms with Crippen LogP contribution in [-0.2, 0) is 4.79 Å². The molecule has 0 unspecified atom stereocenters. The molecule has 0 saturated carbocycles. The highest BCUT2D eigenvalue weighted by Crippen LogP contribution is 2.20. The van der Waals surface area contributed by atoms with Crippen molar-refractivity contribution in [3.63, 3.8) is 0 Å². The van der Waals surface area contributed by atoms with Crippen LogP contribution < -0.4 is 5.01 Å². The molecule has 0 aromatic carbocycles. The highest BCUT2D eigenvalue weighted by atomic mass is 16.2. The molecule has 2 rings (SSSR count). The molecule has 1 amide bonds. The number of hydrogen-bond acceptors (Lipinski definition) is 3. The van der Waals surface area contributed by atoms with E-state index >= 15 is 0 Å². The number of aryl methyl sites for hydroxylation is 1. The molecule has 1 aromatic heterocycles. The average molecular weight is 217 g/mol. The molecule has 0 N–H and O–H groups in total. The molecule has 1 aliphatic heterocycles. The van der Waals surface area contributed by atoms with Crippen molar-refractivity contribution < 1.29 is 4.79 Å². The van der Waals surface area contributed by atoms with E-state index in [0.29, 0.717) is 12.2 Å². The molecule has 0 radical (unpaired) electrons. The molecule has 84 valence electrons. The quantitative estimate of drug-likeness (QED) is 0.779. The van der Waals surface area contributed by atoms with Gasteiger partial charge in [-0.05, 0) is 31.0 Å². The number of hydrogen-bond donors (Lipinski definition) is 0. The van der Waals surface area contributed by atoms with Crippen LogP contribution in [0.1, 0.15) is 31.7 Å². The zero-order valence-electron chi connectivity index (χ0n) is 9.60. The molecule has 0 spiro atoms. The monoisotopic (exact) mass is 217 g/mol. The Hall–Kier alpha value is -1.71. The van der Waals surface area contributed by atoms with Gasteiger partial charge in [0, 0.05) is 11.9 Å². The normalized spacial score (nSPS) is 15.5. The molecule has 1 aliphatic rings. The predicted octanol–water partition coefficient (Wildman–Crippen LogP) is 2.28. The third kappa shape index (κ3) is 2.10. The Morgan fingerprint density at radius 2 is 2.31 bits per heavy atom. The molecule has 0 aliphatic carbocycles. The highest BCUT2D eigenvalue weighted by Gasteiger charge is 2.25. The van der Waals surface area contributed by atoms with Crippen molar-refractivity contribution in [2.45, 2.75) is 33.1 Å². The first kappa shape index (κ1) is 10.8. The summed E-state index contributed by atoms with van der Waals surface area (Å²) in [5.74, 6) is 0.637. The summed E-state index contributed by atoms with van der Waals surface area (Å²) in [5.41, 5.74) is 2.03. The van der Waals surface area contributed by atoms with Crippen LogP contribution in [0.2, 0.25) is 0 Å². The number of hydrazone groups is 1. The number of rotatable bonds is 3. The lowest BCUT2D eigenvalue weighted by molar-refractivity contribution is -0.116. The maximum absolute atomic E-state index is 11.7. The Morgan fingerprint density at radius 3 is 3.00 bits per heavy atom. The van der Waals surface area contributed by atoms with Crippen LogP contribution in [0.5, 0.6) is 0 Å². The zero-order chi connectivity index (χ0) is 11.5. The van der Waals surface area contributed by atoms with Crippen LogP contribution in [-0.4, -0.2) is 16.6 Å². The van der Waals surface area contributed by atoms with E-state index in [4.69, 9.17) is 0 Å². The van der Waals surface area contributed by atoms with Crippen molar-refractivity contribution in [3.8, 4) is 0 Å². The van der Waals surface area contributed by atoms with E-state index in [1.165, 1.54) is 5.01 Å². The van der Waals surface area contributed by atoms with Gasteiger partial charge in [-0.15, -0.1) is 0 Å². The summed E-state index contributed by atoms with van der Waals surface area (Å²) < 4.78 is 0. The maximum atomic E-state index is 11.7. The summed E-state index contributed by atoms with van der Waals surface area (Å²) in [4.78, 5) is 15.9. The lowest BCUT2D eigenvalue weighted by Gasteiger charge is -2.10. The van der Waals surface area contributed by atoms with Crippen molar-refractivity contribution in [1.82, 2.24) is 4.98 Å². The Morgan fingerprint density at radius 1 is 1.50 bits per heavy atom. The third-order valence-electron chi connectivity index (χ3n) is 2.49. The summed E-state index contributed by atoms with van der Waals surface area (Å²) in [7, 11) is 0. The topological polar surface area (TPSA) is 45.6 Å². The smallest absolute Gasteiger partial charge is 0.254 e. The molecular formula is C12H15N3O. The molecule has 0 atom stereocenters. The van der Waals surface area contributed by atoms with E-state index in [2.05, 4.69) is 17.0 Å². The van der Waals surface area contributed by atoms with Crippen LogP contribution in [0.4, 0.5) is 5.82 Å². The fourth-order valence-electron chi connectivity index (χ4n) is 1.72. The van der Waals surface area contributed by atoms with Gasteiger partial charge in [-0.2, -0.15) is 10.1 Å². The van der Waals surface area contributed by atoms with E-state index in [9.17, 15) is 4.79 Å². The predicted molar refractivity (Wildman–Crippen MR) is 63.4 cm³/mol. The Bertz CT molecular complexity index is 440. The fourth-order valence-corrected chi connectivity index (χ4v) is 1.72. The van der Waals surface area contributed by atoms with Crippen LogP contribution in [0.3, 0.4) is 0 Å². The van der Waals surface area contributed by atoms with Crippen molar-refractivity contribution in [1.29, 1.82) is 0 Å². The number of pyridine rings is 1. The molecule has 16 heavy (non-hydrogen) atoms. The third-order valence-corrected chi connectivity index (χ3v) is 2.49. The second-order valence-corrected chi connectivity index (χ2v) is 3.99. The van der Waals surface area contributed by atoms with Gasteiger partial charge in [0.05, 0.1) is 6.42 Å². The van der Waals surface area contributed by atoms with Gasteiger partial charge in [0.1, 0.15) is 0 Å². The molecule has 4 heteroatoms. The second-order valence-electron chi connectivity index (χ2n) is 3.99. The lowest BCUT2D eigenvalue weighted by atomic mass is 10.2. The number of aromatic nitrogens is 1. The van der Waals surface area contributed by atoms with Gasteiger partial charge >= 0.3 is 0 Å². The largest absolute Gasteiger partial charge is 0.272 e. The lowest BCUT2D eigenvalue weighted by Crippen LogP contribution is -2.20. The summed E-state index contributed by atoms with van der Waals surface area (Å²) in [6.07, 6.45) is 4.03. The summed E-state index contributed by atoms with van der Waals surface area (Å²) in [6.45, 7) is 4.06. The average Bonchev–Trinajstić information content (AvgIpc) is 2.60. The number of nitrogens with zero attached hydrogens (tertiary/aromatic N) is 3. The molecule has 4 nitrogen and oxygen atoms in total. The first-order valence-corrected chi connectivity index (χ1v) is 5.52. The molecule has 0 saturated heterocycles. The molecule has 0 fully saturated rings. The molecule has 1 aromatic rings. The molecule has 0 bridgehead atoms. The van der Waals surface area contributed by atoms with Gasteiger partial charge in [0.2, 0.25) is 0 Å². The van der Waals surface area contributed by atoms with Gasteiger partial charge in [-0.25, -0.2) is 4.98 Å². The minimum Gasteiger partial charge on any atom is -0.272 e. The number of amides is 1. The molecular weight excluding hydrogens is 202 g/mol. The second kappa shape index (κ2) is 4.43. The van der Waals surface area contributed by atoms with Gasteiger partial charge in [0.15, 0.2) is 5.82 Å².